The van der Waals surface area contributed by atoms with Gasteiger partial charge in [0.1, 0.15) is 0 Å². The van der Waals surface area contributed by atoms with Crippen molar-refractivity contribution in [1.82, 2.24) is 10.3 Å². The Morgan fingerprint density at radius 2 is 2.05 bits per heavy atom. The fraction of sp³-hybridized carbons (Fsp3) is 0.200. The van der Waals surface area contributed by atoms with Gasteiger partial charge in [0, 0.05) is 29.0 Å². The highest BCUT2D eigenvalue weighted by molar-refractivity contribution is 6.30. The SMILES string of the molecule is C[C@@H](Cc1cccc(Cl)c1)NC(=O)c1ccncc1. The van der Waals surface area contributed by atoms with Gasteiger partial charge >= 0.3 is 0 Å². The quantitative estimate of drug-likeness (QED) is 0.931. The summed E-state index contributed by atoms with van der Waals surface area (Å²) < 4.78 is 0. The number of amides is 1. The molecule has 1 heterocycles. The zero-order chi connectivity index (χ0) is 13.7. The minimum atomic E-state index is -0.0862. The number of carbonyl (C=O) groups excluding carboxylic acids is 1. The van der Waals surface area contributed by atoms with Gasteiger partial charge in [-0.1, -0.05) is 23.7 Å². The highest BCUT2D eigenvalue weighted by atomic mass is 35.5. The molecule has 0 aliphatic carbocycles. The number of benzene rings is 1. The van der Waals surface area contributed by atoms with Crippen molar-refractivity contribution in [2.75, 3.05) is 0 Å². The van der Waals surface area contributed by atoms with Crippen LogP contribution in [0, 0.1) is 0 Å². The summed E-state index contributed by atoms with van der Waals surface area (Å²) in [5.74, 6) is -0.0862. The summed E-state index contributed by atoms with van der Waals surface area (Å²) in [5, 5.41) is 3.67. The second kappa shape index (κ2) is 6.34. The Labute approximate surface area is 117 Å². The number of carbonyl (C=O) groups is 1. The number of hydrogen-bond acceptors (Lipinski definition) is 2. The van der Waals surface area contributed by atoms with Crippen molar-refractivity contribution in [2.24, 2.45) is 0 Å². The van der Waals surface area contributed by atoms with Gasteiger partial charge in [0.15, 0.2) is 0 Å². The van der Waals surface area contributed by atoms with Crippen molar-refractivity contribution < 1.29 is 4.79 Å². The van der Waals surface area contributed by atoms with E-state index in [9.17, 15) is 4.79 Å². The molecule has 0 fully saturated rings. The van der Waals surface area contributed by atoms with Crippen LogP contribution in [-0.4, -0.2) is 16.9 Å². The third-order valence-corrected chi connectivity index (χ3v) is 2.99. The van der Waals surface area contributed by atoms with Crippen LogP contribution in [0.1, 0.15) is 22.8 Å². The van der Waals surface area contributed by atoms with Crippen LogP contribution in [0.5, 0.6) is 0 Å². The molecule has 0 spiro atoms. The van der Waals surface area contributed by atoms with Gasteiger partial charge in [0.2, 0.25) is 0 Å². The first-order chi connectivity index (χ1) is 9.15. The van der Waals surface area contributed by atoms with E-state index in [1.54, 1.807) is 24.5 Å². The lowest BCUT2D eigenvalue weighted by molar-refractivity contribution is 0.0940. The van der Waals surface area contributed by atoms with Gasteiger partial charge in [-0.15, -0.1) is 0 Å². The Balaban J connectivity index is 1.95. The van der Waals surface area contributed by atoms with E-state index in [0.29, 0.717) is 10.6 Å². The fourth-order valence-electron chi connectivity index (χ4n) is 1.88. The summed E-state index contributed by atoms with van der Waals surface area (Å²) in [7, 11) is 0. The lowest BCUT2D eigenvalue weighted by atomic mass is 10.1. The number of rotatable bonds is 4. The van der Waals surface area contributed by atoms with Gasteiger partial charge in [-0.25, -0.2) is 0 Å². The molecule has 19 heavy (non-hydrogen) atoms. The van der Waals surface area contributed by atoms with E-state index in [1.165, 1.54) is 0 Å². The predicted octanol–water partition coefficient (Wildman–Crippen LogP) is 3.10. The standard InChI is InChI=1S/C15H15ClN2O/c1-11(9-12-3-2-4-14(16)10-12)18-15(19)13-5-7-17-8-6-13/h2-8,10-11H,9H2,1H3,(H,18,19)/t11-/m0/s1. The third kappa shape index (κ3) is 4.07. The smallest absolute Gasteiger partial charge is 0.251 e. The summed E-state index contributed by atoms with van der Waals surface area (Å²) in [6, 6.07) is 11.1. The van der Waals surface area contributed by atoms with Gasteiger partial charge in [0.05, 0.1) is 0 Å². The fourth-order valence-corrected chi connectivity index (χ4v) is 2.09. The lowest BCUT2D eigenvalue weighted by Gasteiger charge is -2.14. The summed E-state index contributed by atoms with van der Waals surface area (Å²) >= 11 is 5.94. The topological polar surface area (TPSA) is 42.0 Å². The third-order valence-electron chi connectivity index (χ3n) is 2.75. The van der Waals surface area contributed by atoms with Crippen LogP contribution >= 0.6 is 11.6 Å². The van der Waals surface area contributed by atoms with Crippen LogP contribution in [0.25, 0.3) is 0 Å². The number of pyridine rings is 1. The van der Waals surface area contributed by atoms with Gasteiger partial charge in [0.25, 0.3) is 5.91 Å². The normalized spacial score (nSPS) is 11.9. The molecular weight excluding hydrogens is 260 g/mol. The maximum Gasteiger partial charge on any atom is 0.251 e. The number of nitrogens with one attached hydrogen (secondary N) is 1. The van der Waals surface area contributed by atoms with Crippen molar-refractivity contribution >= 4 is 17.5 Å². The van der Waals surface area contributed by atoms with Crippen molar-refractivity contribution in [1.29, 1.82) is 0 Å². The minimum Gasteiger partial charge on any atom is -0.349 e. The molecule has 1 N–H and O–H groups in total. The van der Waals surface area contributed by atoms with Crippen molar-refractivity contribution in [2.45, 2.75) is 19.4 Å². The molecule has 0 aliphatic rings. The number of hydrogen-bond donors (Lipinski definition) is 1. The summed E-state index contributed by atoms with van der Waals surface area (Å²) in [6.07, 6.45) is 3.96. The zero-order valence-corrected chi connectivity index (χ0v) is 11.4. The van der Waals surface area contributed by atoms with Gasteiger partial charge in [-0.3, -0.25) is 9.78 Å². The van der Waals surface area contributed by atoms with Crippen LogP contribution in [0.3, 0.4) is 0 Å². The molecule has 1 aromatic carbocycles. The van der Waals surface area contributed by atoms with Gasteiger partial charge in [-0.2, -0.15) is 0 Å². The van der Waals surface area contributed by atoms with E-state index >= 15 is 0 Å². The molecule has 0 saturated carbocycles. The highest BCUT2D eigenvalue weighted by Gasteiger charge is 2.10. The monoisotopic (exact) mass is 274 g/mol. The molecule has 1 aromatic heterocycles. The van der Waals surface area contributed by atoms with Gasteiger partial charge in [-0.05, 0) is 43.2 Å². The first-order valence-electron chi connectivity index (χ1n) is 6.10. The number of nitrogens with zero attached hydrogens (tertiary/aromatic N) is 1. The first-order valence-corrected chi connectivity index (χ1v) is 6.48. The predicted molar refractivity (Wildman–Crippen MR) is 76.3 cm³/mol. The van der Waals surface area contributed by atoms with Crippen LogP contribution in [0.4, 0.5) is 0 Å². The second-order valence-electron chi connectivity index (χ2n) is 4.44. The average molecular weight is 275 g/mol. The molecule has 98 valence electrons. The van der Waals surface area contributed by atoms with Crippen molar-refractivity contribution in [3.05, 3.63) is 64.9 Å². The molecule has 3 nitrogen and oxygen atoms in total. The Kier molecular flexibility index (Phi) is 4.53. The van der Waals surface area contributed by atoms with E-state index in [0.717, 1.165) is 12.0 Å². The highest BCUT2D eigenvalue weighted by Crippen LogP contribution is 2.12. The Morgan fingerprint density at radius 1 is 1.32 bits per heavy atom. The summed E-state index contributed by atoms with van der Waals surface area (Å²) in [5.41, 5.74) is 1.72. The molecule has 0 saturated heterocycles. The van der Waals surface area contributed by atoms with E-state index in [1.807, 2.05) is 31.2 Å². The van der Waals surface area contributed by atoms with Crippen LogP contribution < -0.4 is 5.32 Å². The maximum atomic E-state index is 11.9. The molecule has 1 amide bonds. The van der Waals surface area contributed by atoms with E-state index in [-0.39, 0.29) is 11.9 Å². The molecule has 0 aliphatic heterocycles. The molecule has 0 bridgehead atoms. The van der Waals surface area contributed by atoms with E-state index in [4.69, 9.17) is 11.6 Å². The average Bonchev–Trinajstić information content (AvgIpc) is 2.39. The molecule has 2 aromatic rings. The van der Waals surface area contributed by atoms with E-state index in [2.05, 4.69) is 10.3 Å². The Morgan fingerprint density at radius 3 is 2.74 bits per heavy atom. The maximum absolute atomic E-state index is 11.9. The Bertz CT molecular complexity index is 557. The minimum absolute atomic E-state index is 0.0409. The largest absolute Gasteiger partial charge is 0.349 e. The second-order valence-corrected chi connectivity index (χ2v) is 4.88. The van der Waals surface area contributed by atoms with Crippen molar-refractivity contribution in [3.63, 3.8) is 0 Å². The molecular formula is C15H15ClN2O. The van der Waals surface area contributed by atoms with Crippen LogP contribution in [-0.2, 0) is 6.42 Å². The molecule has 2 rings (SSSR count). The van der Waals surface area contributed by atoms with Crippen molar-refractivity contribution in [3.8, 4) is 0 Å². The molecule has 4 heteroatoms. The summed E-state index contributed by atoms with van der Waals surface area (Å²) in [6.45, 7) is 1.97. The van der Waals surface area contributed by atoms with Gasteiger partial charge < -0.3 is 5.32 Å². The number of aromatic nitrogens is 1. The van der Waals surface area contributed by atoms with Crippen LogP contribution in [0.2, 0.25) is 5.02 Å². The van der Waals surface area contributed by atoms with E-state index < -0.39 is 0 Å². The molecule has 0 radical (unpaired) electrons. The Hall–Kier alpha value is -1.87. The zero-order valence-electron chi connectivity index (χ0n) is 10.6. The molecule has 1 atom stereocenters. The first kappa shape index (κ1) is 13.6. The lowest BCUT2D eigenvalue weighted by Crippen LogP contribution is -2.34. The summed E-state index contributed by atoms with van der Waals surface area (Å²) in [4.78, 5) is 15.8. The number of halogens is 1. The molecule has 0 unspecified atom stereocenters. The van der Waals surface area contributed by atoms with Crippen LogP contribution in [0.15, 0.2) is 48.8 Å².